The van der Waals surface area contributed by atoms with Crippen molar-refractivity contribution in [1.29, 1.82) is 0 Å². The molecule has 1 aromatic heterocycles. The van der Waals surface area contributed by atoms with E-state index >= 15 is 0 Å². The third-order valence-corrected chi connectivity index (χ3v) is 2.68. The molecule has 1 aromatic carbocycles. The third-order valence-electron chi connectivity index (χ3n) is 2.37. The summed E-state index contributed by atoms with van der Waals surface area (Å²) in [5.74, 6) is 1.88. The Bertz CT molecular complexity index is 517. The van der Waals surface area contributed by atoms with Crippen LogP contribution in [-0.4, -0.2) is 11.6 Å². The summed E-state index contributed by atoms with van der Waals surface area (Å²) >= 11 is 5.80. The summed E-state index contributed by atoms with van der Waals surface area (Å²) in [6.07, 6.45) is 0. The molecule has 0 aliphatic rings. The number of ether oxygens (including phenoxy) is 1. The summed E-state index contributed by atoms with van der Waals surface area (Å²) in [5.41, 5.74) is 2.04. The number of hydrogen-bond acceptors (Lipinski definition) is 3. The standard InChI is InChI=1S/C14H15ClN2O/c1-2-18-14-8-4-7-13(17-14)16-12-6-3-5-11(9-12)10-15/h3-9H,2,10H2,1H3,(H,16,17). The van der Waals surface area contributed by atoms with Crippen LogP contribution in [0.2, 0.25) is 0 Å². The van der Waals surface area contributed by atoms with Gasteiger partial charge >= 0.3 is 0 Å². The molecule has 0 fully saturated rings. The monoisotopic (exact) mass is 262 g/mol. The Morgan fingerprint density at radius 3 is 2.83 bits per heavy atom. The maximum Gasteiger partial charge on any atom is 0.215 e. The molecule has 0 radical (unpaired) electrons. The molecular formula is C14H15ClN2O. The number of aromatic nitrogens is 1. The van der Waals surface area contributed by atoms with Crippen LogP contribution in [0.5, 0.6) is 5.88 Å². The highest BCUT2D eigenvalue weighted by Crippen LogP contribution is 2.19. The Kier molecular flexibility index (Phi) is 4.42. The molecule has 2 rings (SSSR count). The van der Waals surface area contributed by atoms with E-state index in [-0.39, 0.29) is 0 Å². The molecule has 0 aliphatic carbocycles. The highest BCUT2D eigenvalue weighted by atomic mass is 35.5. The molecule has 1 N–H and O–H groups in total. The molecule has 3 nitrogen and oxygen atoms in total. The summed E-state index contributed by atoms with van der Waals surface area (Å²) in [6, 6.07) is 13.6. The van der Waals surface area contributed by atoms with Gasteiger partial charge in [-0.05, 0) is 30.7 Å². The predicted molar refractivity (Wildman–Crippen MR) is 74.7 cm³/mol. The van der Waals surface area contributed by atoms with Crippen LogP contribution in [0.3, 0.4) is 0 Å². The van der Waals surface area contributed by atoms with Gasteiger partial charge < -0.3 is 10.1 Å². The van der Waals surface area contributed by atoms with Crippen molar-refractivity contribution in [2.75, 3.05) is 11.9 Å². The van der Waals surface area contributed by atoms with Crippen molar-refractivity contribution >= 4 is 23.1 Å². The first-order chi connectivity index (χ1) is 8.81. The first kappa shape index (κ1) is 12.7. The normalized spacial score (nSPS) is 10.1. The number of rotatable bonds is 5. The SMILES string of the molecule is CCOc1cccc(Nc2cccc(CCl)c2)n1. The van der Waals surface area contributed by atoms with Gasteiger partial charge in [-0.25, -0.2) is 0 Å². The van der Waals surface area contributed by atoms with Crippen LogP contribution in [0, 0.1) is 0 Å². The van der Waals surface area contributed by atoms with Crippen LogP contribution in [0.4, 0.5) is 11.5 Å². The second-order valence-electron chi connectivity index (χ2n) is 3.75. The largest absolute Gasteiger partial charge is 0.478 e. The van der Waals surface area contributed by atoms with Crippen LogP contribution in [0.15, 0.2) is 42.5 Å². The van der Waals surface area contributed by atoms with E-state index < -0.39 is 0 Å². The molecule has 18 heavy (non-hydrogen) atoms. The summed E-state index contributed by atoms with van der Waals surface area (Å²) in [6.45, 7) is 2.55. The van der Waals surface area contributed by atoms with E-state index in [9.17, 15) is 0 Å². The predicted octanol–water partition coefficient (Wildman–Crippen LogP) is 3.96. The highest BCUT2D eigenvalue weighted by Gasteiger charge is 1.99. The first-order valence-electron chi connectivity index (χ1n) is 5.83. The first-order valence-corrected chi connectivity index (χ1v) is 6.37. The summed E-state index contributed by atoms with van der Waals surface area (Å²) < 4.78 is 5.36. The smallest absolute Gasteiger partial charge is 0.215 e. The van der Waals surface area contributed by atoms with Crippen LogP contribution in [0.1, 0.15) is 12.5 Å². The van der Waals surface area contributed by atoms with Crippen LogP contribution < -0.4 is 10.1 Å². The number of pyridine rings is 1. The van der Waals surface area contributed by atoms with Gasteiger partial charge in [0, 0.05) is 17.6 Å². The zero-order chi connectivity index (χ0) is 12.8. The fourth-order valence-electron chi connectivity index (χ4n) is 1.59. The average molecular weight is 263 g/mol. The zero-order valence-corrected chi connectivity index (χ0v) is 10.9. The number of nitrogens with one attached hydrogen (secondary N) is 1. The molecule has 0 atom stereocenters. The molecule has 94 valence electrons. The molecular weight excluding hydrogens is 248 g/mol. The summed E-state index contributed by atoms with van der Waals surface area (Å²) in [5, 5.41) is 3.23. The number of hydrogen-bond donors (Lipinski definition) is 1. The zero-order valence-electron chi connectivity index (χ0n) is 10.2. The van der Waals surface area contributed by atoms with Gasteiger partial charge in [0.15, 0.2) is 0 Å². The molecule has 1 heterocycles. The van der Waals surface area contributed by atoms with Crippen LogP contribution in [-0.2, 0) is 5.88 Å². The maximum absolute atomic E-state index is 5.80. The Hall–Kier alpha value is -1.74. The van der Waals surface area contributed by atoms with E-state index in [0.29, 0.717) is 18.4 Å². The molecule has 0 bridgehead atoms. The van der Waals surface area contributed by atoms with Gasteiger partial charge in [-0.15, -0.1) is 11.6 Å². The minimum absolute atomic E-state index is 0.502. The van der Waals surface area contributed by atoms with Crippen molar-refractivity contribution in [3.05, 3.63) is 48.0 Å². The topological polar surface area (TPSA) is 34.1 Å². The number of halogens is 1. The lowest BCUT2D eigenvalue weighted by molar-refractivity contribution is 0.327. The number of alkyl halides is 1. The van der Waals surface area contributed by atoms with Gasteiger partial charge in [-0.1, -0.05) is 18.2 Å². The van der Waals surface area contributed by atoms with Gasteiger partial charge in [0.1, 0.15) is 5.82 Å². The molecule has 0 saturated heterocycles. The summed E-state index contributed by atoms with van der Waals surface area (Å²) in [4.78, 5) is 4.35. The Labute approximate surface area is 112 Å². The molecule has 0 saturated carbocycles. The van der Waals surface area contributed by atoms with Gasteiger partial charge in [-0.2, -0.15) is 4.98 Å². The van der Waals surface area contributed by atoms with E-state index in [1.165, 1.54) is 0 Å². The fourth-order valence-corrected chi connectivity index (χ4v) is 1.76. The molecule has 4 heteroatoms. The Morgan fingerprint density at radius 2 is 2.06 bits per heavy atom. The van der Waals surface area contributed by atoms with E-state index in [2.05, 4.69) is 10.3 Å². The molecule has 0 spiro atoms. The van der Waals surface area contributed by atoms with Crippen LogP contribution >= 0.6 is 11.6 Å². The van der Waals surface area contributed by atoms with Crippen molar-refractivity contribution in [2.45, 2.75) is 12.8 Å². The van der Waals surface area contributed by atoms with E-state index in [1.54, 1.807) is 0 Å². The Balaban J connectivity index is 2.14. The van der Waals surface area contributed by atoms with E-state index in [0.717, 1.165) is 17.1 Å². The molecule has 0 aliphatic heterocycles. The van der Waals surface area contributed by atoms with Gasteiger partial charge in [0.25, 0.3) is 0 Å². The lowest BCUT2D eigenvalue weighted by Gasteiger charge is -2.08. The third kappa shape index (κ3) is 3.37. The van der Waals surface area contributed by atoms with E-state index in [4.69, 9.17) is 16.3 Å². The van der Waals surface area contributed by atoms with Gasteiger partial charge in [-0.3, -0.25) is 0 Å². The minimum Gasteiger partial charge on any atom is -0.478 e. The summed E-state index contributed by atoms with van der Waals surface area (Å²) in [7, 11) is 0. The maximum atomic E-state index is 5.80. The second kappa shape index (κ2) is 6.26. The molecule has 2 aromatic rings. The van der Waals surface area contributed by atoms with Crippen molar-refractivity contribution < 1.29 is 4.74 Å². The van der Waals surface area contributed by atoms with E-state index in [1.807, 2.05) is 49.4 Å². The van der Waals surface area contributed by atoms with Crippen molar-refractivity contribution in [1.82, 2.24) is 4.98 Å². The van der Waals surface area contributed by atoms with Crippen molar-refractivity contribution in [3.8, 4) is 5.88 Å². The highest BCUT2D eigenvalue weighted by molar-refractivity contribution is 6.17. The van der Waals surface area contributed by atoms with Crippen molar-refractivity contribution in [2.24, 2.45) is 0 Å². The number of nitrogens with zero attached hydrogens (tertiary/aromatic N) is 1. The lowest BCUT2D eigenvalue weighted by Crippen LogP contribution is -1.98. The fraction of sp³-hybridized carbons (Fsp3) is 0.214. The number of anilines is 2. The lowest BCUT2D eigenvalue weighted by atomic mass is 10.2. The quantitative estimate of drug-likeness (QED) is 0.828. The second-order valence-corrected chi connectivity index (χ2v) is 4.02. The van der Waals surface area contributed by atoms with Gasteiger partial charge in [0.05, 0.1) is 6.61 Å². The molecule has 0 unspecified atom stereocenters. The average Bonchev–Trinajstić information content (AvgIpc) is 2.40. The molecule has 0 amide bonds. The minimum atomic E-state index is 0.502. The van der Waals surface area contributed by atoms with Crippen LogP contribution in [0.25, 0.3) is 0 Å². The Morgan fingerprint density at radius 1 is 1.22 bits per heavy atom. The van der Waals surface area contributed by atoms with Gasteiger partial charge in [0.2, 0.25) is 5.88 Å². The number of benzene rings is 1. The van der Waals surface area contributed by atoms with Crippen molar-refractivity contribution in [3.63, 3.8) is 0 Å².